The average Bonchev–Trinajstić information content (AvgIpc) is 2.66. The van der Waals surface area contributed by atoms with Crippen LogP contribution in [-0.4, -0.2) is 29.8 Å². The lowest BCUT2D eigenvalue weighted by Gasteiger charge is -2.16. The highest BCUT2D eigenvalue weighted by Gasteiger charge is 2.21. The predicted octanol–water partition coefficient (Wildman–Crippen LogP) is 7.06. The van der Waals surface area contributed by atoms with Gasteiger partial charge in [-0.2, -0.15) is 0 Å². The van der Waals surface area contributed by atoms with E-state index < -0.39 is 6.10 Å². The smallest absolute Gasteiger partial charge is 0.347 e. The van der Waals surface area contributed by atoms with Crippen LogP contribution >= 0.6 is 24.0 Å². The van der Waals surface area contributed by atoms with Crippen LogP contribution in [0.3, 0.4) is 0 Å². The number of thioether (sulfide) groups is 1. The normalized spacial score (nSPS) is 12.0. The van der Waals surface area contributed by atoms with Crippen molar-refractivity contribution in [1.82, 2.24) is 0 Å². The van der Waals surface area contributed by atoms with Gasteiger partial charge in [0.05, 0.1) is 7.11 Å². The molecule has 26 heavy (non-hydrogen) atoms. The number of unbranched alkanes of at least 4 members (excludes halogenated alkanes) is 13. The van der Waals surface area contributed by atoms with Crippen LogP contribution in [0.15, 0.2) is 0 Å². The summed E-state index contributed by atoms with van der Waals surface area (Å²) in [7, 11) is 1.39. The monoisotopic (exact) mass is 404 g/mol. The molecule has 0 spiro atoms. The van der Waals surface area contributed by atoms with Crippen molar-refractivity contribution in [2.45, 2.75) is 109 Å². The van der Waals surface area contributed by atoms with E-state index in [1.54, 1.807) is 0 Å². The molecular weight excluding hydrogens is 364 g/mol. The van der Waals surface area contributed by atoms with Crippen LogP contribution in [0.25, 0.3) is 0 Å². The molecule has 154 valence electrons. The number of ether oxygens (including phenoxy) is 2. The zero-order valence-corrected chi connectivity index (χ0v) is 18.9. The molecule has 5 heteroatoms. The van der Waals surface area contributed by atoms with Gasteiger partial charge in [-0.3, -0.25) is 0 Å². The second kappa shape index (κ2) is 19.5. The highest BCUT2D eigenvalue weighted by Crippen LogP contribution is 2.16. The summed E-state index contributed by atoms with van der Waals surface area (Å²) in [4.78, 5) is 11.7. The third-order valence-electron chi connectivity index (χ3n) is 4.69. The Kier molecular flexibility index (Phi) is 19.3. The van der Waals surface area contributed by atoms with E-state index in [0.717, 1.165) is 12.8 Å². The molecule has 0 aromatic rings. The summed E-state index contributed by atoms with van der Waals surface area (Å²) in [6.07, 6.45) is 20.5. The van der Waals surface area contributed by atoms with Crippen molar-refractivity contribution in [1.29, 1.82) is 0 Å². The minimum Gasteiger partial charge on any atom is -0.466 e. The van der Waals surface area contributed by atoms with Gasteiger partial charge in [-0.1, -0.05) is 102 Å². The fourth-order valence-corrected chi connectivity index (χ4v) is 3.37. The summed E-state index contributed by atoms with van der Waals surface area (Å²) in [6, 6.07) is 0. The van der Waals surface area contributed by atoms with E-state index in [0.29, 0.717) is 10.8 Å². The summed E-state index contributed by atoms with van der Waals surface area (Å²) in [5.41, 5.74) is 0. The Morgan fingerprint density at radius 1 is 0.846 bits per heavy atom. The van der Waals surface area contributed by atoms with Gasteiger partial charge in [-0.05, 0) is 31.3 Å². The van der Waals surface area contributed by atoms with E-state index in [9.17, 15) is 4.79 Å². The van der Waals surface area contributed by atoms with E-state index in [1.807, 2.05) is 6.26 Å². The third-order valence-corrected chi connectivity index (χ3v) is 5.71. The van der Waals surface area contributed by atoms with Crippen LogP contribution in [0, 0.1) is 0 Å². The molecule has 0 aromatic carbocycles. The lowest BCUT2D eigenvalue weighted by atomic mass is 10.0. The Morgan fingerprint density at radius 3 is 1.65 bits per heavy atom. The number of thiocarbonyl (C=S) groups is 1. The largest absolute Gasteiger partial charge is 0.466 e. The Hall–Kier alpha value is -0.290. The Labute approximate surface area is 171 Å². The molecule has 0 bridgehead atoms. The van der Waals surface area contributed by atoms with Crippen LogP contribution in [0.1, 0.15) is 103 Å². The molecule has 0 aliphatic rings. The second-order valence-electron chi connectivity index (χ2n) is 6.97. The lowest BCUT2D eigenvalue weighted by molar-refractivity contribution is -0.149. The zero-order chi connectivity index (χ0) is 19.5. The zero-order valence-electron chi connectivity index (χ0n) is 17.2. The minimum atomic E-state index is -0.544. The summed E-state index contributed by atoms with van der Waals surface area (Å²) in [6.45, 7) is 2.27. The number of methoxy groups -OCH3 is 1. The highest BCUT2D eigenvalue weighted by molar-refractivity contribution is 8.22. The molecule has 0 aliphatic heterocycles. The molecule has 0 rings (SSSR count). The van der Waals surface area contributed by atoms with Crippen molar-refractivity contribution in [2.24, 2.45) is 0 Å². The van der Waals surface area contributed by atoms with E-state index in [4.69, 9.17) is 21.7 Å². The molecule has 0 radical (unpaired) electrons. The first-order valence-corrected chi connectivity index (χ1v) is 12.1. The maximum Gasteiger partial charge on any atom is 0.347 e. The fourth-order valence-electron chi connectivity index (χ4n) is 3.04. The number of esters is 1. The van der Waals surface area contributed by atoms with E-state index in [-0.39, 0.29) is 5.97 Å². The summed E-state index contributed by atoms with van der Waals surface area (Å²) < 4.78 is 10.7. The van der Waals surface area contributed by atoms with Crippen molar-refractivity contribution >= 4 is 34.3 Å². The molecule has 0 saturated carbocycles. The highest BCUT2D eigenvalue weighted by atomic mass is 32.2. The van der Waals surface area contributed by atoms with Crippen molar-refractivity contribution in [3.05, 3.63) is 0 Å². The maximum atomic E-state index is 11.7. The van der Waals surface area contributed by atoms with Gasteiger partial charge in [0.2, 0.25) is 4.38 Å². The first kappa shape index (κ1) is 25.7. The second-order valence-corrected chi connectivity index (χ2v) is 8.38. The minimum absolute atomic E-state index is 0.323. The van der Waals surface area contributed by atoms with E-state index >= 15 is 0 Å². The topological polar surface area (TPSA) is 35.5 Å². The average molecular weight is 405 g/mol. The first-order chi connectivity index (χ1) is 12.7. The molecular formula is C21H40O3S2. The van der Waals surface area contributed by atoms with Crippen molar-refractivity contribution < 1.29 is 14.3 Å². The standard InChI is InChI=1S/C21H40O3S2/c1-4-5-6-7-8-9-10-11-12-13-14-15-16-17-18-19(20(22)23-2)24-21(25)26-3/h19H,4-18H2,1-3H3. The molecule has 0 fully saturated rings. The molecule has 0 aromatic heterocycles. The maximum absolute atomic E-state index is 11.7. The molecule has 0 saturated heterocycles. The molecule has 0 heterocycles. The van der Waals surface area contributed by atoms with Crippen molar-refractivity contribution in [3.63, 3.8) is 0 Å². The summed E-state index contributed by atoms with van der Waals surface area (Å²) in [5, 5.41) is 0. The molecule has 0 N–H and O–H groups in total. The van der Waals surface area contributed by atoms with Gasteiger partial charge in [0.25, 0.3) is 0 Å². The van der Waals surface area contributed by atoms with Crippen LogP contribution in [0.5, 0.6) is 0 Å². The van der Waals surface area contributed by atoms with E-state index in [2.05, 4.69) is 6.92 Å². The quantitative estimate of drug-likeness (QED) is 0.147. The van der Waals surface area contributed by atoms with Gasteiger partial charge in [0, 0.05) is 0 Å². The Morgan fingerprint density at radius 2 is 1.27 bits per heavy atom. The SMILES string of the molecule is CCCCCCCCCCCCCCCCC(OC(=S)SC)C(=O)OC. The Bertz CT molecular complexity index is 348. The molecule has 3 nitrogen and oxygen atoms in total. The lowest BCUT2D eigenvalue weighted by Crippen LogP contribution is -2.27. The van der Waals surface area contributed by atoms with Gasteiger partial charge in [-0.25, -0.2) is 4.79 Å². The molecule has 1 atom stereocenters. The summed E-state index contributed by atoms with van der Waals surface area (Å²) in [5.74, 6) is -0.323. The van der Waals surface area contributed by atoms with Gasteiger partial charge in [0.15, 0.2) is 6.10 Å². The van der Waals surface area contributed by atoms with Crippen LogP contribution in [0.4, 0.5) is 0 Å². The Balaban J connectivity index is 3.47. The van der Waals surface area contributed by atoms with Gasteiger partial charge in [-0.15, -0.1) is 0 Å². The predicted molar refractivity (Wildman–Crippen MR) is 118 cm³/mol. The number of hydrogen-bond acceptors (Lipinski definition) is 5. The van der Waals surface area contributed by atoms with Gasteiger partial charge < -0.3 is 9.47 Å². The molecule has 0 amide bonds. The number of carbonyl (C=O) groups is 1. The van der Waals surface area contributed by atoms with E-state index in [1.165, 1.54) is 95.9 Å². The van der Waals surface area contributed by atoms with Gasteiger partial charge in [0.1, 0.15) is 0 Å². The van der Waals surface area contributed by atoms with Crippen LogP contribution in [-0.2, 0) is 14.3 Å². The summed E-state index contributed by atoms with van der Waals surface area (Å²) >= 11 is 6.38. The van der Waals surface area contributed by atoms with Crippen LogP contribution in [0.2, 0.25) is 0 Å². The number of carbonyl (C=O) groups excluding carboxylic acids is 1. The van der Waals surface area contributed by atoms with Crippen molar-refractivity contribution in [2.75, 3.05) is 13.4 Å². The number of rotatable bonds is 17. The van der Waals surface area contributed by atoms with Crippen LogP contribution < -0.4 is 0 Å². The molecule has 1 unspecified atom stereocenters. The number of hydrogen-bond donors (Lipinski definition) is 0. The first-order valence-electron chi connectivity index (χ1n) is 10.5. The van der Waals surface area contributed by atoms with Crippen molar-refractivity contribution in [3.8, 4) is 0 Å². The molecule has 0 aliphatic carbocycles. The van der Waals surface area contributed by atoms with Gasteiger partial charge >= 0.3 is 5.97 Å². The third kappa shape index (κ3) is 15.9. The fraction of sp³-hybridized carbons (Fsp3) is 0.905.